The number of pyridine rings is 1. The van der Waals surface area contributed by atoms with Gasteiger partial charge in [-0.2, -0.15) is 0 Å². The van der Waals surface area contributed by atoms with Gasteiger partial charge in [-0.25, -0.2) is 41.7 Å². The zero-order chi connectivity index (χ0) is 33.2. The zero-order valence-electron chi connectivity index (χ0n) is 25.0. The maximum absolute atomic E-state index is 14.1. The molecule has 2 aliphatic heterocycles. The number of aliphatic hydroxyl groups is 1. The number of aliphatic hydroxyl groups excluding tert-OH is 1. The molecule has 0 radical (unpaired) electrons. The first-order chi connectivity index (χ1) is 20.9. The average molecular weight is 644 g/mol. The number of likely N-dealkylation sites (tertiary alicyclic amines) is 1. The Bertz CT molecular complexity index is 1510. The number of nitrogens with zero attached hydrogens (tertiary/aromatic N) is 5. The number of alkyl halides is 4. The summed E-state index contributed by atoms with van der Waals surface area (Å²) in [6, 6.07) is 1.14. The summed E-state index contributed by atoms with van der Waals surface area (Å²) in [6.07, 6.45) is 1.59. The Labute approximate surface area is 254 Å². The van der Waals surface area contributed by atoms with Crippen LogP contribution >= 0.6 is 0 Å². The molecule has 12 nitrogen and oxygen atoms in total. The summed E-state index contributed by atoms with van der Waals surface area (Å²) in [5, 5.41) is 14.2. The molecule has 0 spiro atoms. The van der Waals surface area contributed by atoms with Crippen molar-refractivity contribution in [2.45, 2.75) is 70.2 Å². The quantitative estimate of drug-likeness (QED) is 0.362. The second-order valence-corrected chi connectivity index (χ2v) is 11.7. The van der Waals surface area contributed by atoms with Gasteiger partial charge in [-0.15, -0.1) is 0 Å². The highest BCUT2D eigenvalue weighted by atomic mass is 19.3. The molecule has 5 rings (SSSR count). The van der Waals surface area contributed by atoms with E-state index < -0.39 is 60.6 Å². The maximum atomic E-state index is 14.1. The largest absolute Gasteiger partial charge is 0.467 e. The number of rotatable bonds is 4. The Morgan fingerprint density at radius 3 is 2.47 bits per heavy atom. The number of piperidine rings is 2. The summed E-state index contributed by atoms with van der Waals surface area (Å²) in [7, 11) is 0. The molecule has 3 N–H and O–H groups in total. The van der Waals surface area contributed by atoms with Crippen molar-refractivity contribution in [1.82, 2.24) is 29.6 Å². The van der Waals surface area contributed by atoms with Crippen molar-refractivity contribution in [3.05, 3.63) is 48.1 Å². The van der Waals surface area contributed by atoms with Crippen LogP contribution in [0.5, 0.6) is 5.88 Å². The summed E-state index contributed by atoms with van der Waals surface area (Å²) in [5.74, 6) is -7.60. The number of imidazole rings is 1. The third-order valence-corrected chi connectivity index (χ3v) is 6.64. The van der Waals surface area contributed by atoms with Crippen LogP contribution in [0.2, 0.25) is 0 Å². The van der Waals surface area contributed by atoms with Crippen LogP contribution in [0.3, 0.4) is 0 Å². The predicted molar refractivity (Wildman–Crippen MR) is 150 cm³/mol. The lowest BCUT2D eigenvalue weighted by Gasteiger charge is -2.36. The summed E-state index contributed by atoms with van der Waals surface area (Å²) < 4.78 is 79.7. The molecule has 0 aliphatic carbocycles. The average Bonchev–Trinajstić information content (AvgIpc) is 3.32. The third-order valence-electron chi connectivity index (χ3n) is 6.64. The Morgan fingerprint density at radius 2 is 1.84 bits per heavy atom. The van der Waals surface area contributed by atoms with Crippen LogP contribution < -0.4 is 15.4 Å². The van der Waals surface area contributed by atoms with E-state index in [0.29, 0.717) is 12.2 Å². The van der Waals surface area contributed by atoms with Gasteiger partial charge in [0, 0.05) is 31.4 Å². The molecule has 0 aromatic carbocycles. The van der Waals surface area contributed by atoms with Crippen LogP contribution in [0, 0.1) is 12.7 Å². The molecule has 246 valence electrons. The van der Waals surface area contributed by atoms with Crippen LogP contribution in [-0.2, 0) is 4.74 Å². The van der Waals surface area contributed by atoms with Crippen molar-refractivity contribution >= 4 is 23.3 Å². The first kappa shape index (κ1) is 33.8. The van der Waals surface area contributed by atoms with E-state index in [1.54, 1.807) is 33.9 Å². The minimum absolute atomic E-state index is 0.0725. The van der Waals surface area contributed by atoms with Crippen LogP contribution in [-0.4, -0.2) is 97.2 Å². The van der Waals surface area contributed by atoms with Gasteiger partial charge in [0.1, 0.15) is 17.4 Å². The summed E-state index contributed by atoms with van der Waals surface area (Å²) >= 11 is 0. The molecule has 0 saturated carbocycles. The highest BCUT2D eigenvalue weighted by Gasteiger charge is 2.46. The van der Waals surface area contributed by atoms with Crippen LogP contribution in [0.1, 0.15) is 49.8 Å². The van der Waals surface area contributed by atoms with Gasteiger partial charge in [0.25, 0.3) is 17.8 Å². The van der Waals surface area contributed by atoms with Crippen molar-refractivity contribution in [2.75, 3.05) is 31.5 Å². The number of fused-ring (bicyclic) bond motifs is 1. The highest BCUT2D eigenvalue weighted by Crippen LogP contribution is 2.29. The van der Waals surface area contributed by atoms with Gasteiger partial charge in [0.05, 0.1) is 36.9 Å². The van der Waals surface area contributed by atoms with Crippen molar-refractivity contribution in [3.8, 4) is 5.88 Å². The number of ether oxygens (including phenoxy) is 2. The van der Waals surface area contributed by atoms with E-state index in [9.17, 15) is 31.5 Å². The highest BCUT2D eigenvalue weighted by molar-refractivity contribution is 6.02. The van der Waals surface area contributed by atoms with E-state index in [0.717, 1.165) is 23.4 Å². The predicted octanol–water partition coefficient (Wildman–Crippen LogP) is 3.82. The molecule has 2 saturated heterocycles. The molecule has 2 unspecified atom stereocenters. The van der Waals surface area contributed by atoms with E-state index >= 15 is 0 Å². The third kappa shape index (κ3) is 8.75. The Balaban J connectivity index is 0.000000245. The molecule has 2 amide bonds. The fourth-order valence-corrected chi connectivity index (χ4v) is 4.45. The van der Waals surface area contributed by atoms with E-state index in [4.69, 9.17) is 14.6 Å². The Kier molecular flexibility index (Phi) is 9.82. The lowest BCUT2D eigenvalue weighted by atomic mass is 10.0. The number of halogens is 5. The fraction of sp³-hybridized carbons (Fsp3) is 0.536. The molecule has 3 aromatic heterocycles. The second-order valence-electron chi connectivity index (χ2n) is 11.7. The Hall–Kier alpha value is -4.12. The summed E-state index contributed by atoms with van der Waals surface area (Å²) in [5.41, 5.74) is 0.206. The summed E-state index contributed by atoms with van der Waals surface area (Å²) in [4.78, 5) is 36.6. The number of aryl methyl sites for hydroxylation is 1. The monoisotopic (exact) mass is 643 g/mol. The van der Waals surface area contributed by atoms with Gasteiger partial charge in [-0.05, 0) is 40.7 Å². The number of carbonyl (C=O) groups excluding carboxylic acids is 2. The van der Waals surface area contributed by atoms with E-state index in [1.165, 1.54) is 10.6 Å². The first-order valence-corrected chi connectivity index (χ1v) is 14.0. The van der Waals surface area contributed by atoms with Crippen molar-refractivity contribution < 1.29 is 46.1 Å². The molecular weight excluding hydrogens is 609 g/mol. The number of hydrogen-bond donors (Lipinski definition) is 3. The van der Waals surface area contributed by atoms with Gasteiger partial charge in [0.15, 0.2) is 17.6 Å². The van der Waals surface area contributed by atoms with Gasteiger partial charge in [-0.3, -0.25) is 4.79 Å². The molecular formula is C28H34F5N7O5. The molecule has 17 heteroatoms. The molecule has 5 heterocycles. The van der Waals surface area contributed by atoms with Crippen LogP contribution in [0.15, 0.2) is 30.9 Å². The fourth-order valence-electron chi connectivity index (χ4n) is 4.45. The molecule has 0 bridgehead atoms. The van der Waals surface area contributed by atoms with E-state index in [2.05, 4.69) is 25.6 Å². The van der Waals surface area contributed by atoms with Gasteiger partial charge in [0.2, 0.25) is 5.88 Å². The maximum Gasteiger partial charge on any atom is 0.410 e. The van der Waals surface area contributed by atoms with Crippen molar-refractivity contribution in [3.63, 3.8) is 0 Å². The van der Waals surface area contributed by atoms with Crippen molar-refractivity contribution in [1.29, 1.82) is 0 Å². The van der Waals surface area contributed by atoms with Crippen LogP contribution in [0.4, 0.5) is 32.4 Å². The smallest absolute Gasteiger partial charge is 0.410 e. The minimum atomic E-state index is -3.25. The molecule has 3 aromatic rings. The van der Waals surface area contributed by atoms with E-state index in [1.807, 2.05) is 0 Å². The summed E-state index contributed by atoms with van der Waals surface area (Å²) in [6.45, 7) is 5.97. The zero-order valence-corrected chi connectivity index (χ0v) is 25.0. The minimum Gasteiger partial charge on any atom is -0.467 e. The molecule has 2 aliphatic rings. The molecule has 2 atom stereocenters. The lowest BCUT2D eigenvalue weighted by molar-refractivity contribution is -0.147. The Morgan fingerprint density at radius 1 is 1.11 bits per heavy atom. The number of amides is 2. The normalized spacial score (nSPS) is 21.0. The van der Waals surface area contributed by atoms with Crippen LogP contribution in [0.25, 0.3) is 5.65 Å². The van der Waals surface area contributed by atoms with Crippen molar-refractivity contribution in [2.24, 2.45) is 0 Å². The molecule has 2 fully saturated rings. The number of anilines is 1. The lowest BCUT2D eigenvalue weighted by Crippen LogP contribution is -2.54. The number of hydrogen-bond acceptors (Lipinski definition) is 9. The van der Waals surface area contributed by atoms with Gasteiger partial charge >= 0.3 is 6.09 Å². The number of nitrogens with one attached hydrogen (secondary N) is 2. The first-order valence-electron chi connectivity index (χ1n) is 14.0. The second kappa shape index (κ2) is 13.1. The SMILES string of the molecule is CC(C)(C)OC(=O)N1CCC(O)C(F)(F)C1.Cc1cn2cc(NC(=O)c3cnc(OC4CCNCC4(F)F)cn3)cc(F)c2n1. The topological polar surface area (TPSA) is 143 Å². The van der Waals surface area contributed by atoms with Gasteiger partial charge < -0.3 is 34.5 Å². The molecule has 45 heavy (non-hydrogen) atoms. The van der Waals surface area contributed by atoms with Gasteiger partial charge in [-0.1, -0.05) is 0 Å². The number of aromatic nitrogens is 4. The van der Waals surface area contributed by atoms with E-state index in [-0.39, 0.29) is 42.3 Å². The number of carbonyl (C=O) groups is 2. The standard InChI is InChI=1S/C18H17F3N6O2.C10H17F2NO3/c1-10-7-27-8-11(4-12(19)16(27)25-10)26-17(28)13-5-24-15(6-23-13)29-14-2-3-22-9-18(14,20)21;1-9(2,3)16-8(15)13-5-4-7(14)10(11,12)6-13/h4-8,14,22H,2-3,9H2,1H3,(H,26,28);7,14H,4-6H2,1-3H3.